The maximum absolute atomic E-state index is 5.45. The Hall–Kier alpha value is -9.19. The van der Waals surface area contributed by atoms with Gasteiger partial charge in [-0.3, -0.25) is 0 Å². The molecule has 13 aromatic rings. The smallest absolute Gasteiger partial charge is 0.166 e. The molecule has 5 nitrogen and oxygen atoms in total. The molecule has 0 spiro atoms. The van der Waals surface area contributed by atoms with Crippen LogP contribution in [0.5, 0.6) is 0 Å². The molecular formula is C63H41N5. The molecule has 68 heavy (non-hydrogen) atoms. The van der Waals surface area contributed by atoms with E-state index in [9.17, 15) is 0 Å². The van der Waals surface area contributed by atoms with E-state index in [-0.39, 0.29) is 0 Å². The van der Waals surface area contributed by atoms with E-state index in [0.717, 1.165) is 83.5 Å². The van der Waals surface area contributed by atoms with Crippen molar-refractivity contribution in [3.63, 3.8) is 0 Å². The van der Waals surface area contributed by atoms with Crippen LogP contribution < -0.4 is 0 Å². The number of para-hydroxylation sites is 4. The highest BCUT2D eigenvalue weighted by atomic mass is 15.1. The number of aromatic nitrogens is 5. The van der Waals surface area contributed by atoms with Gasteiger partial charge in [-0.05, 0) is 82.4 Å². The van der Waals surface area contributed by atoms with Crippen molar-refractivity contribution in [1.29, 1.82) is 0 Å². The van der Waals surface area contributed by atoms with Gasteiger partial charge in [0, 0.05) is 43.8 Å². The van der Waals surface area contributed by atoms with E-state index in [1.165, 1.54) is 21.5 Å². The lowest BCUT2D eigenvalue weighted by Gasteiger charge is -2.17. The zero-order valence-electron chi connectivity index (χ0n) is 36.9. The first-order valence-electron chi connectivity index (χ1n) is 23.0. The second-order valence-corrected chi connectivity index (χ2v) is 17.2. The Labute approximate surface area is 393 Å². The molecule has 3 heterocycles. The number of rotatable bonds is 8. The summed E-state index contributed by atoms with van der Waals surface area (Å²) in [6, 6.07) is 88.2. The second kappa shape index (κ2) is 16.4. The molecule has 5 heteroatoms. The fourth-order valence-electron chi connectivity index (χ4n) is 10.0. The Kier molecular flexibility index (Phi) is 9.43. The molecule has 10 aromatic carbocycles. The lowest BCUT2D eigenvalue weighted by Crippen LogP contribution is -2.04. The minimum Gasteiger partial charge on any atom is -0.309 e. The lowest BCUT2D eigenvalue weighted by molar-refractivity contribution is 1.06. The van der Waals surface area contributed by atoms with Crippen molar-refractivity contribution in [1.82, 2.24) is 24.1 Å². The molecular weight excluding hydrogens is 827 g/mol. The average Bonchev–Trinajstić information content (AvgIpc) is 3.94. The minimum atomic E-state index is 0.591. The number of hydrogen-bond donors (Lipinski definition) is 0. The highest BCUT2D eigenvalue weighted by Gasteiger charge is 2.22. The number of hydrogen-bond acceptors (Lipinski definition) is 3. The van der Waals surface area contributed by atoms with Crippen molar-refractivity contribution in [3.05, 3.63) is 249 Å². The molecule has 0 aliphatic rings. The molecule has 0 amide bonds. The fourth-order valence-corrected chi connectivity index (χ4v) is 10.0. The zero-order chi connectivity index (χ0) is 45.0. The molecule has 0 aliphatic heterocycles. The van der Waals surface area contributed by atoms with E-state index >= 15 is 0 Å². The van der Waals surface area contributed by atoms with Gasteiger partial charge < -0.3 is 9.13 Å². The van der Waals surface area contributed by atoms with E-state index in [4.69, 9.17) is 15.0 Å². The summed E-state index contributed by atoms with van der Waals surface area (Å²) in [5.41, 5.74) is 16.0. The van der Waals surface area contributed by atoms with Crippen molar-refractivity contribution in [2.45, 2.75) is 0 Å². The van der Waals surface area contributed by atoms with Crippen molar-refractivity contribution in [3.8, 4) is 78.9 Å². The van der Waals surface area contributed by atoms with Gasteiger partial charge in [0.25, 0.3) is 0 Å². The van der Waals surface area contributed by atoms with Gasteiger partial charge in [-0.15, -0.1) is 0 Å². The van der Waals surface area contributed by atoms with E-state index < -0.39 is 0 Å². The third kappa shape index (κ3) is 6.68. The van der Waals surface area contributed by atoms with Crippen LogP contribution in [0.3, 0.4) is 0 Å². The first-order valence-corrected chi connectivity index (χ1v) is 23.0. The average molecular weight is 868 g/mol. The third-order valence-corrected chi connectivity index (χ3v) is 13.2. The van der Waals surface area contributed by atoms with Crippen LogP contribution in [-0.2, 0) is 0 Å². The van der Waals surface area contributed by atoms with Crippen LogP contribution in [0.25, 0.3) is 123 Å². The highest BCUT2D eigenvalue weighted by Crippen LogP contribution is 2.41. The number of fused-ring (bicyclic) bond motifs is 6. The highest BCUT2D eigenvalue weighted by molar-refractivity contribution is 6.11. The fraction of sp³-hybridized carbons (Fsp3) is 0. The van der Waals surface area contributed by atoms with Crippen LogP contribution in [0, 0.1) is 0 Å². The summed E-state index contributed by atoms with van der Waals surface area (Å²) in [5, 5.41) is 4.82. The van der Waals surface area contributed by atoms with Crippen LogP contribution in [0.1, 0.15) is 0 Å². The topological polar surface area (TPSA) is 48.5 Å². The molecule has 0 saturated carbocycles. The van der Waals surface area contributed by atoms with Gasteiger partial charge in [0.05, 0.1) is 33.4 Å². The number of nitrogens with zero attached hydrogens (tertiary/aromatic N) is 5. The first kappa shape index (κ1) is 39.2. The molecule has 318 valence electrons. The van der Waals surface area contributed by atoms with Gasteiger partial charge in [-0.25, -0.2) is 15.0 Å². The van der Waals surface area contributed by atoms with Crippen LogP contribution in [-0.4, -0.2) is 24.1 Å². The molecule has 3 aromatic heterocycles. The van der Waals surface area contributed by atoms with Crippen LogP contribution in [0.15, 0.2) is 249 Å². The maximum Gasteiger partial charge on any atom is 0.166 e. The molecule has 0 saturated heterocycles. The third-order valence-electron chi connectivity index (χ3n) is 13.2. The monoisotopic (exact) mass is 867 g/mol. The van der Waals surface area contributed by atoms with Gasteiger partial charge in [0.1, 0.15) is 0 Å². The Bertz CT molecular complexity index is 3910. The van der Waals surface area contributed by atoms with Gasteiger partial charge in [-0.2, -0.15) is 0 Å². The molecule has 0 radical (unpaired) electrons. The molecule has 0 unspecified atom stereocenters. The van der Waals surface area contributed by atoms with Crippen molar-refractivity contribution in [2.24, 2.45) is 0 Å². The van der Waals surface area contributed by atoms with E-state index in [1.54, 1.807) is 0 Å². The SMILES string of the molecule is c1ccc(-c2ccc(-n3c4ccccc4c4ccccc43)c(-c3cccc(-c4nc(-c5ccccc5)nc(-c5ccc(-c6ccccc6)cc5-n5c6ccccc6c6ccccc65)n4)c3)c2)cc1. The quantitative estimate of drug-likeness (QED) is 0.153. The van der Waals surface area contributed by atoms with E-state index in [1.807, 2.05) is 18.2 Å². The maximum atomic E-state index is 5.45. The van der Waals surface area contributed by atoms with Crippen LogP contribution in [0.4, 0.5) is 0 Å². The summed E-state index contributed by atoms with van der Waals surface area (Å²) in [7, 11) is 0. The van der Waals surface area contributed by atoms with E-state index in [0.29, 0.717) is 17.5 Å². The Balaban J connectivity index is 1.04. The summed E-state index contributed by atoms with van der Waals surface area (Å²) in [5.74, 6) is 1.79. The van der Waals surface area contributed by atoms with Crippen molar-refractivity contribution < 1.29 is 0 Å². The predicted octanol–water partition coefficient (Wildman–Crippen LogP) is 16.1. The summed E-state index contributed by atoms with van der Waals surface area (Å²) in [6.45, 7) is 0. The Morgan fingerprint density at radius 2 is 0.618 bits per heavy atom. The molecule has 0 atom stereocenters. The summed E-state index contributed by atoms with van der Waals surface area (Å²) >= 11 is 0. The molecule has 0 fully saturated rings. The van der Waals surface area contributed by atoms with Crippen molar-refractivity contribution in [2.75, 3.05) is 0 Å². The van der Waals surface area contributed by atoms with E-state index in [2.05, 4.69) is 240 Å². The summed E-state index contributed by atoms with van der Waals surface area (Å²) < 4.78 is 4.78. The van der Waals surface area contributed by atoms with Gasteiger partial charge in [-0.1, -0.05) is 194 Å². The molecule has 0 aliphatic carbocycles. The second-order valence-electron chi connectivity index (χ2n) is 17.2. The minimum absolute atomic E-state index is 0.591. The number of benzene rings is 10. The molecule has 13 rings (SSSR count). The Morgan fingerprint density at radius 1 is 0.221 bits per heavy atom. The normalized spacial score (nSPS) is 11.5. The van der Waals surface area contributed by atoms with Gasteiger partial charge in [0.15, 0.2) is 17.5 Å². The lowest BCUT2D eigenvalue weighted by atomic mass is 9.96. The Morgan fingerprint density at radius 3 is 1.16 bits per heavy atom. The molecule has 0 N–H and O–H groups in total. The summed E-state index contributed by atoms with van der Waals surface area (Å²) in [6.07, 6.45) is 0. The molecule has 0 bridgehead atoms. The van der Waals surface area contributed by atoms with Gasteiger partial charge >= 0.3 is 0 Å². The first-order chi connectivity index (χ1) is 33.7. The van der Waals surface area contributed by atoms with Crippen LogP contribution >= 0.6 is 0 Å². The predicted molar refractivity (Wildman–Crippen MR) is 281 cm³/mol. The largest absolute Gasteiger partial charge is 0.309 e. The van der Waals surface area contributed by atoms with Crippen LogP contribution in [0.2, 0.25) is 0 Å². The standard InChI is InChI=1S/C63H41N5/c1-4-19-42(20-5-1)45-36-38-59(67-55-31-14-10-27-49(55)50-28-11-15-32-56(50)67)54(40-45)47-25-18-26-48(39-47)62-64-61(44-23-8-3-9-24-44)65-63(66-62)53-37-35-46(43-21-6-2-7-22-43)41-60(53)68-57-33-16-12-29-51(57)52-30-13-17-34-58(52)68/h1-41H. The van der Waals surface area contributed by atoms with Gasteiger partial charge in [0.2, 0.25) is 0 Å². The van der Waals surface area contributed by atoms with Crippen molar-refractivity contribution >= 4 is 43.6 Å². The zero-order valence-corrected chi connectivity index (χ0v) is 36.9. The summed E-state index contributed by atoms with van der Waals surface area (Å²) in [4.78, 5) is 16.0.